The van der Waals surface area contributed by atoms with E-state index in [4.69, 9.17) is 4.74 Å². The Kier molecular flexibility index (Phi) is 17.3. The molecule has 3 nitrogen and oxygen atoms in total. The van der Waals surface area contributed by atoms with Crippen molar-refractivity contribution in [2.24, 2.45) is 0 Å². The number of likely N-dealkylation sites (N-methyl/N-ethyl adjacent to an activating group) is 1. The molecule has 0 amide bonds. The Hall–Kier alpha value is -0.570. The highest BCUT2D eigenvalue weighted by atomic mass is 16.5. The smallest absolute Gasteiger partial charge is 0.306 e. The number of nitrogens with zero attached hydrogens (tertiary/aromatic N) is 1. The first-order chi connectivity index (χ1) is 16.7. The van der Waals surface area contributed by atoms with Crippen molar-refractivity contribution in [1.29, 1.82) is 0 Å². The molecule has 1 rings (SSSR count). The number of hydrogen-bond acceptors (Lipinski definition) is 3. The van der Waals surface area contributed by atoms with E-state index in [-0.39, 0.29) is 23.2 Å². The molecule has 35 heavy (non-hydrogen) atoms. The lowest BCUT2D eigenvalue weighted by molar-refractivity contribution is -0.167. The number of ether oxygens (including phenoxy) is 1. The van der Waals surface area contributed by atoms with Gasteiger partial charge in [0.15, 0.2) is 0 Å². The third kappa shape index (κ3) is 14.1. The first kappa shape index (κ1) is 32.5. The van der Waals surface area contributed by atoms with Crippen LogP contribution in [0.5, 0.6) is 0 Å². The van der Waals surface area contributed by atoms with Crippen LogP contribution in [-0.4, -0.2) is 35.1 Å². The molecule has 0 spiro atoms. The van der Waals surface area contributed by atoms with E-state index in [1.54, 1.807) is 0 Å². The molecule has 208 valence electrons. The van der Waals surface area contributed by atoms with Crippen molar-refractivity contribution in [3.8, 4) is 0 Å². The summed E-state index contributed by atoms with van der Waals surface area (Å²) >= 11 is 0. The monoisotopic (exact) mass is 493 g/mol. The topological polar surface area (TPSA) is 29.5 Å². The minimum absolute atomic E-state index is 0.00292. The zero-order valence-corrected chi connectivity index (χ0v) is 24.9. The SMILES string of the molecule is CCCCCCCCCCCCCCCCCCCCCC(=O)OC1CCC(C)(C)N(C)C1(C)C. The van der Waals surface area contributed by atoms with Crippen LogP contribution >= 0.6 is 0 Å². The first-order valence-corrected chi connectivity index (χ1v) is 15.6. The van der Waals surface area contributed by atoms with Crippen molar-refractivity contribution < 1.29 is 9.53 Å². The van der Waals surface area contributed by atoms with Crippen molar-refractivity contribution >= 4 is 5.97 Å². The standard InChI is InChI=1S/C32H63NO2/c1-7-8-9-10-11-12-13-14-15-16-17-18-19-20-21-22-23-24-25-26-30(34)35-29-27-28-31(2,3)33(6)32(29,4)5/h29H,7-28H2,1-6H3. The van der Waals surface area contributed by atoms with Crippen molar-refractivity contribution in [3.05, 3.63) is 0 Å². The van der Waals surface area contributed by atoms with Crippen molar-refractivity contribution in [3.63, 3.8) is 0 Å². The summed E-state index contributed by atoms with van der Waals surface area (Å²) in [6.07, 6.45) is 28.8. The second kappa shape index (κ2) is 18.6. The van der Waals surface area contributed by atoms with Gasteiger partial charge in [-0.3, -0.25) is 9.69 Å². The summed E-state index contributed by atoms with van der Waals surface area (Å²) in [5.41, 5.74) is 0.0598. The van der Waals surface area contributed by atoms with E-state index in [1.165, 1.54) is 109 Å². The summed E-state index contributed by atoms with van der Waals surface area (Å²) in [7, 11) is 2.16. The van der Waals surface area contributed by atoms with E-state index >= 15 is 0 Å². The predicted octanol–water partition coefficient (Wildman–Crippen LogP) is 10.0. The average molecular weight is 494 g/mol. The van der Waals surface area contributed by atoms with Gasteiger partial charge in [0.25, 0.3) is 0 Å². The van der Waals surface area contributed by atoms with Gasteiger partial charge in [-0.1, -0.05) is 122 Å². The second-order valence-corrected chi connectivity index (χ2v) is 12.7. The third-order valence-corrected chi connectivity index (χ3v) is 8.84. The fourth-order valence-corrected chi connectivity index (χ4v) is 5.77. The molecule has 0 N–H and O–H groups in total. The fraction of sp³-hybridized carbons (Fsp3) is 0.969. The van der Waals surface area contributed by atoms with Crippen LogP contribution in [0.2, 0.25) is 0 Å². The molecule has 0 aliphatic carbocycles. The zero-order valence-electron chi connectivity index (χ0n) is 24.9. The molecule has 0 aromatic carbocycles. The summed E-state index contributed by atoms with van der Waals surface area (Å²) < 4.78 is 5.93. The highest BCUT2D eigenvalue weighted by molar-refractivity contribution is 5.69. The Morgan fingerprint density at radius 2 is 1.06 bits per heavy atom. The number of hydrogen-bond donors (Lipinski definition) is 0. The quantitative estimate of drug-likeness (QED) is 0.118. The zero-order chi connectivity index (χ0) is 26.0. The molecule has 1 unspecified atom stereocenters. The minimum atomic E-state index is -0.106. The van der Waals surface area contributed by atoms with Crippen LogP contribution in [0.15, 0.2) is 0 Å². The maximum Gasteiger partial charge on any atom is 0.306 e. The molecular weight excluding hydrogens is 430 g/mol. The van der Waals surface area contributed by atoms with Crippen molar-refractivity contribution in [2.75, 3.05) is 7.05 Å². The van der Waals surface area contributed by atoms with Gasteiger partial charge in [-0.2, -0.15) is 0 Å². The molecule has 1 heterocycles. The van der Waals surface area contributed by atoms with Gasteiger partial charge in [-0.15, -0.1) is 0 Å². The van der Waals surface area contributed by atoms with Crippen molar-refractivity contribution in [2.45, 2.75) is 193 Å². The molecule has 0 radical (unpaired) electrons. The summed E-state index contributed by atoms with van der Waals surface area (Å²) in [6, 6.07) is 0. The number of unbranched alkanes of at least 4 members (excludes halogenated alkanes) is 18. The van der Waals surface area contributed by atoms with Gasteiger partial charge >= 0.3 is 5.97 Å². The van der Waals surface area contributed by atoms with E-state index < -0.39 is 0 Å². The third-order valence-electron chi connectivity index (χ3n) is 8.84. The molecule has 1 aliphatic rings. The maximum atomic E-state index is 12.4. The Balaban J connectivity index is 1.87. The first-order valence-electron chi connectivity index (χ1n) is 15.6. The molecule has 0 bridgehead atoms. The molecule has 1 aliphatic heterocycles. The van der Waals surface area contributed by atoms with Crippen molar-refractivity contribution in [1.82, 2.24) is 4.90 Å². The Labute approximate surface area is 220 Å². The number of carbonyl (C=O) groups is 1. The number of likely N-dealkylation sites (tertiary alicyclic amines) is 1. The van der Waals surface area contributed by atoms with Crippen LogP contribution in [0.25, 0.3) is 0 Å². The summed E-state index contributed by atoms with van der Waals surface area (Å²) in [6.45, 7) is 11.3. The van der Waals surface area contributed by atoms with Gasteiger partial charge in [-0.25, -0.2) is 0 Å². The van der Waals surface area contributed by atoms with Gasteiger partial charge < -0.3 is 4.74 Å². The predicted molar refractivity (Wildman–Crippen MR) is 153 cm³/mol. The van der Waals surface area contributed by atoms with E-state index in [0.29, 0.717) is 6.42 Å². The molecule has 0 aromatic heterocycles. The maximum absolute atomic E-state index is 12.4. The van der Waals surface area contributed by atoms with E-state index in [1.807, 2.05) is 0 Å². The highest BCUT2D eigenvalue weighted by Gasteiger charge is 2.46. The number of rotatable bonds is 21. The minimum Gasteiger partial charge on any atom is -0.460 e. The van der Waals surface area contributed by atoms with Gasteiger partial charge in [0, 0.05) is 12.0 Å². The Morgan fingerprint density at radius 3 is 1.46 bits per heavy atom. The lowest BCUT2D eigenvalue weighted by Gasteiger charge is -2.54. The largest absolute Gasteiger partial charge is 0.460 e. The van der Waals surface area contributed by atoms with E-state index in [9.17, 15) is 4.79 Å². The number of carbonyl (C=O) groups excluding carboxylic acids is 1. The van der Waals surface area contributed by atoms with Gasteiger partial charge in [0.05, 0.1) is 5.54 Å². The Bertz CT molecular complexity index is 528. The number of esters is 1. The molecule has 1 saturated heterocycles. The van der Waals surface area contributed by atoms with Crippen LogP contribution in [0.3, 0.4) is 0 Å². The number of piperidine rings is 1. The summed E-state index contributed by atoms with van der Waals surface area (Å²) in [4.78, 5) is 14.8. The lowest BCUT2D eigenvalue weighted by Crippen LogP contribution is -2.63. The fourth-order valence-electron chi connectivity index (χ4n) is 5.77. The lowest BCUT2D eigenvalue weighted by atomic mass is 9.78. The van der Waals surface area contributed by atoms with Crippen LogP contribution in [0.4, 0.5) is 0 Å². The highest BCUT2D eigenvalue weighted by Crippen LogP contribution is 2.38. The van der Waals surface area contributed by atoms with Gasteiger partial charge in [0.1, 0.15) is 6.10 Å². The second-order valence-electron chi connectivity index (χ2n) is 12.7. The van der Waals surface area contributed by atoms with E-state index in [0.717, 1.165) is 25.7 Å². The molecule has 1 atom stereocenters. The summed E-state index contributed by atoms with van der Waals surface area (Å²) in [5, 5.41) is 0. The molecular formula is C32H63NO2. The molecule has 0 aromatic rings. The van der Waals surface area contributed by atoms with Gasteiger partial charge in [-0.05, 0) is 54.0 Å². The van der Waals surface area contributed by atoms with Gasteiger partial charge in [0.2, 0.25) is 0 Å². The normalized spacial score (nSPS) is 19.7. The average Bonchev–Trinajstić information content (AvgIpc) is 2.81. The van der Waals surface area contributed by atoms with Crippen LogP contribution in [0.1, 0.15) is 176 Å². The molecule has 0 saturated carbocycles. The van der Waals surface area contributed by atoms with Crippen LogP contribution in [-0.2, 0) is 9.53 Å². The van der Waals surface area contributed by atoms with E-state index in [2.05, 4.69) is 46.6 Å². The molecule has 1 fully saturated rings. The Morgan fingerprint density at radius 1 is 0.686 bits per heavy atom. The molecule has 3 heteroatoms. The summed E-state index contributed by atoms with van der Waals surface area (Å²) in [5.74, 6) is 0.00292. The van der Waals surface area contributed by atoms with Crippen LogP contribution < -0.4 is 0 Å². The van der Waals surface area contributed by atoms with Crippen LogP contribution in [0, 0.1) is 0 Å².